The lowest BCUT2D eigenvalue weighted by atomic mass is 10.2. The number of carbonyl (C=O) groups excluding carboxylic acids is 2. The zero-order chi connectivity index (χ0) is 14.0. The monoisotopic (exact) mass is 257 g/mol. The molecule has 0 spiro atoms. The number of rotatable bonds is 9. The normalized spacial score (nSPS) is 10.8. The van der Waals surface area contributed by atoms with Crippen LogP contribution in [0.5, 0.6) is 0 Å². The minimum Gasteiger partial charge on any atom is -0.354 e. The van der Waals surface area contributed by atoms with E-state index in [9.17, 15) is 9.59 Å². The van der Waals surface area contributed by atoms with Crippen LogP contribution in [-0.4, -0.2) is 37.5 Å². The second-order valence-corrected chi connectivity index (χ2v) is 5.19. The second-order valence-electron chi connectivity index (χ2n) is 5.19. The summed E-state index contributed by atoms with van der Waals surface area (Å²) in [4.78, 5) is 22.7. The largest absolute Gasteiger partial charge is 0.354 e. The third-order valence-corrected chi connectivity index (χ3v) is 2.29. The van der Waals surface area contributed by atoms with Crippen molar-refractivity contribution < 1.29 is 9.59 Å². The lowest BCUT2D eigenvalue weighted by molar-refractivity contribution is -0.126. The first-order chi connectivity index (χ1) is 8.41. The molecule has 0 atom stereocenters. The maximum atomic E-state index is 11.4. The average molecular weight is 257 g/mol. The van der Waals surface area contributed by atoms with Gasteiger partial charge in [-0.15, -0.1) is 0 Å². The molecule has 0 aliphatic carbocycles. The summed E-state index contributed by atoms with van der Waals surface area (Å²) in [6.45, 7) is 9.74. The van der Waals surface area contributed by atoms with E-state index >= 15 is 0 Å². The van der Waals surface area contributed by atoms with Crippen LogP contribution in [0.25, 0.3) is 0 Å². The first kappa shape index (κ1) is 16.9. The molecule has 2 amide bonds. The molecule has 0 aromatic rings. The Morgan fingerprint density at radius 2 is 1.67 bits per heavy atom. The van der Waals surface area contributed by atoms with Gasteiger partial charge in [0.05, 0.1) is 6.54 Å². The summed E-state index contributed by atoms with van der Waals surface area (Å²) in [5, 5.41) is 8.61. The Bertz CT molecular complexity index is 253. The van der Waals surface area contributed by atoms with Crippen LogP contribution in [0.2, 0.25) is 0 Å². The molecule has 0 saturated carbocycles. The molecule has 5 nitrogen and oxygen atoms in total. The number of hydrogen-bond acceptors (Lipinski definition) is 3. The minimum absolute atomic E-state index is 0.0692. The van der Waals surface area contributed by atoms with Gasteiger partial charge in [-0.25, -0.2) is 0 Å². The third-order valence-electron chi connectivity index (χ3n) is 2.29. The van der Waals surface area contributed by atoms with Gasteiger partial charge >= 0.3 is 0 Å². The van der Waals surface area contributed by atoms with Crippen molar-refractivity contribution in [2.75, 3.05) is 19.6 Å². The van der Waals surface area contributed by atoms with E-state index in [2.05, 4.69) is 29.8 Å². The molecule has 0 fully saturated rings. The van der Waals surface area contributed by atoms with Gasteiger partial charge in [-0.2, -0.15) is 0 Å². The molecule has 0 radical (unpaired) electrons. The maximum absolute atomic E-state index is 11.4. The second kappa shape index (κ2) is 9.88. The van der Waals surface area contributed by atoms with E-state index in [0.29, 0.717) is 24.9 Å². The summed E-state index contributed by atoms with van der Waals surface area (Å²) >= 11 is 0. The molecule has 0 rings (SSSR count). The van der Waals surface area contributed by atoms with Crippen molar-refractivity contribution in [2.45, 2.75) is 46.6 Å². The van der Waals surface area contributed by atoms with E-state index < -0.39 is 0 Å². The molecule has 0 aliphatic rings. The average Bonchev–Trinajstić information content (AvgIpc) is 2.29. The Labute approximate surface area is 110 Å². The zero-order valence-corrected chi connectivity index (χ0v) is 12.0. The van der Waals surface area contributed by atoms with E-state index in [4.69, 9.17) is 0 Å². The van der Waals surface area contributed by atoms with Gasteiger partial charge in [0.15, 0.2) is 0 Å². The lowest BCUT2D eigenvalue weighted by Crippen LogP contribution is -2.38. The van der Waals surface area contributed by atoms with Crippen LogP contribution in [-0.2, 0) is 9.59 Å². The van der Waals surface area contributed by atoms with Crippen LogP contribution < -0.4 is 16.0 Å². The van der Waals surface area contributed by atoms with Crippen molar-refractivity contribution in [3.63, 3.8) is 0 Å². The number of amides is 2. The van der Waals surface area contributed by atoms with Gasteiger partial charge in [0, 0.05) is 19.0 Å². The van der Waals surface area contributed by atoms with Crippen molar-refractivity contribution >= 4 is 11.8 Å². The van der Waals surface area contributed by atoms with Crippen molar-refractivity contribution in [1.29, 1.82) is 0 Å². The molecule has 0 aromatic carbocycles. The van der Waals surface area contributed by atoms with Gasteiger partial charge in [-0.05, 0) is 18.9 Å². The molecule has 106 valence electrons. The van der Waals surface area contributed by atoms with Crippen LogP contribution in [0.3, 0.4) is 0 Å². The SMILES string of the molecule is CC(C)CNC(=O)CNC(=O)CCCNC(C)C. The van der Waals surface area contributed by atoms with Crippen LogP contribution in [0.4, 0.5) is 0 Å². The Morgan fingerprint density at radius 1 is 1.00 bits per heavy atom. The summed E-state index contributed by atoms with van der Waals surface area (Å²) in [6, 6.07) is 0.440. The molecule has 0 heterocycles. The quantitative estimate of drug-likeness (QED) is 0.531. The van der Waals surface area contributed by atoms with Gasteiger partial charge < -0.3 is 16.0 Å². The van der Waals surface area contributed by atoms with Crippen LogP contribution in [0, 0.1) is 5.92 Å². The zero-order valence-electron chi connectivity index (χ0n) is 12.0. The predicted molar refractivity (Wildman–Crippen MR) is 73.2 cm³/mol. The highest BCUT2D eigenvalue weighted by atomic mass is 16.2. The number of carbonyl (C=O) groups is 2. The van der Waals surface area contributed by atoms with E-state index in [1.807, 2.05) is 13.8 Å². The third kappa shape index (κ3) is 11.4. The van der Waals surface area contributed by atoms with E-state index in [-0.39, 0.29) is 18.4 Å². The molecule has 0 unspecified atom stereocenters. The fourth-order valence-corrected chi connectivity index (χ4v) is 1.29. The summed E-state index contributed by atoms with van der Waals surface area (Å²) < 4.78 is 0. The molecule has 0 bridgehead atoms. The Hall–Kier alpha value is -1.10. The molecule has 0 saturated heterocycles. The molecule has 0 aliphatic heterocycles. The Balaban J connectivity index is 3.49. The Kier molecular flexibility index (Phi) is 9.28. The number of nitrogens with one attached hydrogen (secondary N) is 3. The smallest absolute Gasteiger partial charge is 0.239 e. The first-order valence-electron chi connectivity index (χ1n) is 6.68. The van der Waals surface area contributed by atoms with E-state index in [1.54, 1.807) is 0 Å². The molecule has 3 N–H and O–H groups in total. The lowest BCUT2D eigenvalue weighted by Gasteiger charge is -2.09. The molecule has 18 heavy (non-hydrogen) atoms. The summed E-state index contributed by atoms with van der Waals surface area (Å²) in [5.41, 5.74) is 0. The van der Waals surface area contributed by atoms with Gasteiger partial charge in [0.1, 0.15) is 0 Å². The highest BCUT2D eigenvalue weighted by Crippen LogP contribution is 1.89. The van der Waals surface area contributed by atoms with Crippen molar-refractivity contribution in [3.8, 4) is 0 Å². The molecular weight excluding hydrogens is 230 g/mol. The predicted octanol–water partition coefficient (Wildman–Crippen LogP) is 0.653. The number of hydrogen-bond donors (Lipinski definition) is 3. The van der Waals surface area contributed by atoms with Gasteiger partial charge in [-0.1, -0.05) is 27.7 Å². The fourth-order valence-electron chi connectivity index (χ4n) is 1.29. The van der Waals surface area contributed by atoms with Gasteiger partial charge in [0.25, 0.3) is 0 Å². The standard InChI is InChI=1S/C13H27N3O2/c1-10(2)8-15-13(18)9-16-12(17)6-5-7-14-11(3)4/h10-11,14H,5-9H2,1-4H3,(H,15,18)(H,16,17). The van der Waals surface area contributed by atoms with Crippen LogP contribution >= 0.6 is 0 Å². The van der Waals surface area contributed by atoms with E-state index in [1.165, 1.54) is 0 Å². The first-order valence-corrected chi connectivity index (χ1v) is 6.68. The summed E-state index contributed by atoms with van der Waals surface area (Å²) in [7, 11) is 0. The van der Waals surface area contributed by atoms with Crippen LogP contribution in [0.1, 0.15) is 40.5 Å². The van der Waals surface area contributed by atoms with Gasteiger partial charge in [-0.3, -0.25) is 9.59 Å². The fraction of sp³-hybridized carbons (Fsp3) is 0.846. The topological polar surface area (TPSA) is 70.2 Å². The van der Waals surface area contributed by atoms with Crippen molar-refractivity contribution in [2.24, 2.45) is 5.92 Å². The van der Waals surface area contributed by atoms with Crippen molar-refractivity contribution in [1.82, 2.24) is 16.0 Å². The van der Waals surface area contributed by atoms with Gasteiger partial charge in [0.2, 0.25) is 11.8 Å². The van der Waals surface area contributed by atoms with E-state index in [0.717, 1.165) is 13.0 Å². The summed E-state index contributed by atoms with van der Waals surface area (Å²) in [6.07, 6.45) is 1.24. The molecule has 0 aromatic heterocycles. The highest BCUT2D eigenvalue weighted by Gasteiger charge is 2.05. The van der Waals surface area contributed by atoms with Crippen LogP contribution in [0.15, 0.2) is 0 Å². The molecular formula is C13H27N3O2. The summed E-state index contributed by atoms with van der Waals surface area (Å²) in [5.74, 6) is 0.226. The maximum Gasteiger partial charge on any atom is 0.239 e. The highest BCUT2D eigenvalue weighted by molar-refractivity contribution is 5.84. The Morgan fingerprint density at radius 3 is 2.22 bits per heavy atom. The molecule has 5 heteroatoms. The minimum atomic E-state index is -0.127. The van der Waals surface area contributed by atoms with Crippen molar-refractivity contribution in [3.05, 3.63) is 0 Å².